The van der Waals surface area contributed by atoms with Crippen LogP contribution in [0.5, 0.6) is 11.5 Å². The van der Waals surface area contributed by atoms with Gasteiger partial charge in [0.1, 0.15) is 17.5 Å². The fourth-order valence-electron chi connectivity index (χ4n) is 5.18. The molecule has 2 aliphatic rings. The maximum Gasteiger partial charge on any atom is 0.256 e. The summed E-state index contributed by atoms with van der Waals surface area (Å²) in [4.78, 5) is 31.1. The van der Waals surface area contributed by atoms with Gasteiger partial charge in [0.2, 0.25) is 5.91 Å². The summed E-state index contributed by atoms with van der Waals surface area (Å²) in [5.74, 6) is 1.06. The highest BCUT2D eigenvalue weighted by molar-refractivity contribution is 6.36. The summed E-state index contributed by atoms with van der Waals surface area (Å²) < 4.78 is 11.2. The molecule has 3 unspecified atom stereocenters. The molecule has 2 aromatic carbocycles. The van der Waals surface area contributed by atoms with E-state index in [-0.39, 0.29) is 28.9 Å². The number of carbonyl (C=O) groups is 2. The fraction of sp³-hybridized carbons (Fsp3) is 0.440. The third-order valence-corrected chi connectivity index (χ3v) is 7.22. The van der Waals surface area contributed by atoms with Gasteiger partial charge in [0, 0.05) is 23.2 Å². The Morgan fingerprint density at radius 2 is 1.91 bits per heavy atom. The normalized spacial score (nSPS) is 22.0. The molecule has 0 bridgehead atoms. The molecular formula is C25H28Cl2N2O4. The molecular weight excluding hydrogens is 463 g/mol. The monoisotopic (exact) mass is 490 g/mol. The number of ether oxygens (including phenoxy) is 2. The molecule has 0 aromatic heterocycles. The summed E-state index contributed by atoms with van der Waals surface area (Å²) in [7, 11) is 3.23. The highest BCUT2D eigenvalue weighted by atomic mass is 35.5. The minimum atomic E-state index is -0.550. The SMILES string of the molecule is CCCC1C(=O)N2CCc3cc(OC)cc(OC)c3C2C(C)N1C(=O)c1ccc(Cl)cc1Cl. The summed E-state index contributed by atoms with van der Waals surface area (Å²) in [6, 6.07) is 7.48. The molecule has 0 spiro atoms. The average molecular weight is 491 g/mol. The Morgan fingerprint density at radius 1 is 1.15 bits per heavy atom. The molecule has 33 heavy (non-hydrogen) atoms. The fourth-order valence-corrected chi connectivity index (χ4v) is 5.67. The third kappa shape index (κ3) is 4.04. The Morgan fingerprint density at radius 3 is 2.55 bits per heavy atom. The Kier molecular flexibility index (Phi) is 6.78. The number of amides is 2. The van der Waals surface area contributed by atoms with E-state index in [4.69, 9.17) is 32.7 Å². The van der Waals surface area contributed by atoms with Crippen LogP contribution in [-0.2, 0) is 11.2 Å². The first-order valence-corrected chi connectivity index (χ1v) is 11.9. The first-order chi connectivity index (χ1) is 15.8. The van der Waals surface area contributed by atoms with Gasteiger partial charge in [-0.2, -0.15) is 0 Å². The van der Waals surface area contributed by atoms with E-state index in [1.165, 1.54) is 0 Å². The van der Waals surface area contributed by atoms with Crippen LogP contribution < -0.4 is 9.47 Å². The number of rotatable bonds is 5. The van der Waals surface area contributed by atoms with Crippen LogP contribution in [0.15, 0.2) is 30.3 Å². The number of halogens is 2. The highest BCUT2D eigenvalue weighted by Crippen LogP contribution is 2.46. The molecule has 6 nitrogen and oxygen atoms in total. The molecule has 2 aromatic rings. The highest BCUT2D eigenvalue weighted by Gasteiger charge is 2.50. The maximum atomic E-state index is 13.8. The zero-order valence-corrected chi connectivity index (χ0v) is 20.7. The lowest BCUT2D eigenvalue weighted by molar-refractivity contribution is -0.149. The van der Waals surface area contributed by atoms with Crippen LogP contribution in [-0.4, -0.2) is 54.5 Å². The van der Waals surface area contributed by atoms with Crippen LogP contribution in [0.1, 0.15) is 54.2 Å². The first kappa shape index (κ1) is 23.7. The van der Waals surface area contributed by atoms with Crippen LogP contribution in [0, 0.1) is 0 Å². The standard InChI is InChI=1S/C25H28Cl2N2O4/c1-5-6-20-25(31)28-10-9-15-11-17(32-3)13-21(33-4)22(15)23(28)14(2)29(20)24(30)18-8-7-16(26)12-19(18)27/h7-8,11-14,20,23H,5-6,9-10H2,1-4H3. The first-order valence-electron chi connectivity index (χ1n) is 11.1. The van der Waals surface area contributed by atoms with Gasteiger partial charge in [0.05, 0.1) is 36.9 Å². The lowest BCUT2D eigenvalue weighted by Crippen LogP contribution is -2.65. The summed E-state index contributed by atoms with van der Waals surface area (Å²) in [5.41, 5.74) is 2.34. The van der Waals surface area contributed by atoms with Crippen molar-refractivity contribution in [1.82, 2.24) is 9.80 Å². The van der Waals surface area contributed by atoms with Crippen molar-refractivity contribution in [3.8, 4) is 11.5 Å². The zero-order chi connectivity index (χ0) is 23.9. The third-order valence-electron chi connectivity index (χ3n) is 6.67. The molecule has 4 rings (SSSR count). The molecule has 0 saturated carbocycles. The molecule has 0 N–H and O–H groups in total. The van der Waals surface area contributed by atoms with E-state index < -0.39 is 6.04 Å². The van der Waals surface area contributed by atoms with Crippen molar-refractivity contribution in [3.63, 3.8) is 0 Å². The van der Waals surface area contributed by atoms with E-state index in [1.807, 2.05) is 30.9 Å². The molecule has 1 saturated heterocycles. The summed E-state index contributed by atoms with van der Waals surface area (Å²) in [6.45, 7) is 4.59. The number of hydrogen-bond acceptors (Lipinski definition) is 4. The minimum Gasteiger partial charge on any atom is -0.497 e. The summed E-state index contributed by atoms with van der Waals surface area (Å²) in [6.07, 6.45) is 2.06. The Bertz CT molecular complexity index is 1070. The second-order valence-electron chi connectivity index (χ2n) is 8.51. The molecule has 2 aliphatic heterocycles. The van der Waals surface area contributed by atoms with Crippen LogP contribution in [0.2, 0.25) is 10.0 Å². The molecule has 1 fully saturated rings. The number of carbonyl (C=O) groups excluding carboxylic acids is 2. The second-order valence-corrected chi connectivity index (χ2v) is 9.35. The van der Waals surface area contributed by atoms with E-state index in [0.717, 1.165) is 17.5 Å². The molecule has 176 valence electrons. The molecule has 3 atom stereocenters. The van der Waals surface area contributed by atoms with Gasteiger partial charge in [-0.05, 0) is 49.6 Å². The van der Waals surface area contributed by atoms with E-state index >= 15 is 0 Å². The molecule has 0 aliphatic carbocycles. The largest absolute Gasteiger partial charge is 0.497 e. The number of methoxy groups -OCH3 is 2. The predicted octanol–water partition coefficient (Wildman–Crippen LogP) is 5.15. The van der Waals surface area contributed by atoms with Crippen molar-refractivity contribution in [3.05, 3.63) is 57.1 Å². The molecule has 0 radical (unpaired) electrons. The topological polar surface area (TPSA) is 59.1 Å². The van der Waals surface area contributed by atoms with Crippen molar-refractivity contribution < 1.29 is 19.1 Å². The number of nitrogens with zero attached hydrogens (tertiary/aromatic N) is 2. The lowest BCUT2D eigenvalue weighted by atomic mass is 9.83. The van der Waals surface area contributed by atoms with Gasteiger partial charge in [-0.1, -0.05) is 36.5 Å². The van der Waals surface area contributed by atoms with E-state index in [2.05, 4.69) is 0 Å². The quantitative estimate of drug-likeness (QED) is 0.581. The van der Waals surface area contributed by atoms with Crippen LogP contribution in [0.4, 0.5) is 0 Å². The summed E-state index contributed by atoms with van der Waals surface area (Å²) in [5, 5.41) is 0.728. The summed E-state index contributed by atoms with van der Waals surface area (Å²) >= 11 is 12.4. The second kappa shape index (κ2) is 9.43. The average Bonchev–Trinajstić information content (AvgIpc) is 2.80. The van der Waals surface area contributed by atoms with Gasteiger partial charge in [-0.15, -0.1) is 0 Å². The minimum absolute atomic E-state index is 0.0399. The Labute approximate surface area is 204 Å². The van der Waals surface area contributed by atoms with Gasteiger partial charge >= 0.3 is 0 Å². The zero-order valence-electron chi connectivity index (χ0n) is 19.2. The van der Waals surface area contributed by atoms with Crippen molar-refractivity contribution in [2.45, 2.75) is 51.2 Å². The lowest BCUT2D eigenvalue weighted by Gasteiger charge is -2.52. The number of fused-ring (bicyclic) bond motifs is 3. The molecule has 8 heteroatoms. The van der Waals surface area contributed by atoms with E-state index in [1.54, 1.807) is 37.3 Å². The van der Waals surface area contributed by atoms with Crippen molar-refractivity contribution >= 4 is 35.0 Å². The van der Waals surface area contributed by atoms with Crippen molar-refractivity contribution in [2.24, 2.45) is 0 Å². The predicted molar refractivity (Wildman–Crippen MR) is 128 cm³/mol. The van der Waals surface area contributed by atoms with Gasteiger partial charge in [0.25, 0.3) is 5.91 Å². The van der Waals surface area contributed by atoms with Crippen LogP contribution in [0.25, 0.3) is 0 Å². The van der Waals surface area contributed by atoms with Gasteiger partial charge in [-0.25, -0.2) is 0 Å². The van der Waals surface area contributed by atoms with Gasteiger partial charge in [0.15, 0.2) is 0 Å². The molecule has 2 amide bonds. The van der Waals surface area contributed by atoms with Gasteiger partial charge < -0.3 is 19.3 Å². The number of benzene rings is 2. The van der Waals surface area contributed by atoms with Gasteiger partial charge in [-0.3, -0.25) is 9.59 Å². The van der Waals surface area contributed by atoms with E-state index in [9.17, 15) is 9.59 Å². The Balaban J connectivity index is 1.83. The molecule has 2 heterocycles. The van der Waals surface area contributed by atoms with E-state index in [0.29, 0.717) is 41.5 Å². The smallest absolute Gasteiger partial charge is 0.256 e. The van der Waals surface area contributed by atoms with Crippen LogP contribution in [0.3, 0.4) is 0 Å². The maximum absolute atomic E-state index is 13.8. The number of piperazine rings is 1. The van der Waals surface area contributed by atoms with Crippen LogP contribution >= 0.6 is 23.2 Å². The van der Waals surface area contributed by atoms with Crippen molar-refractivity contribution in [1.29, 1.82) is 0 Å². The Hall–Kier alpha value is -2.44. The van der Waals surface area contributed by atoms with Crippen molar-refractivity contribution in [2.75, 3.05) is 20.8 Å². The number of hydrogen-bond donors (Lipinski definition) is 0.